The molecule has 1 aliphatic carbocycles. The summed E-state index contributed by atoms with van der Waals surface area (Å²) in [5, 5.41) is 19.4. The van der Waals surface area contributed by atoms with Crippen molar-refractivity contribution in [3.05, 3.63) is 11.3 Å². The fourth-order valence-corrected chi connectivity index (χ4v) is 2.49. The van der Waals surface area contributed by atoms with Gasteiger partial charge in [0, 0.05) is 12.3 Å². The topological polar surface area (TPSA) is 66.8 Å². The lowest BCUT2D eigenvalue weighted by atomic mass is 9.73. The second-order valence-corrected chi connectivity index (χ2v) is 4.55. The highest BCUT2D eigenvalue weighted by Crippen LogP contribution is 2.40. The molecule has 4 nitrogen and oxygen atoms in total. The quantitative estimate of drug-likeness (QED) is 0.591. The molecule has 4 atom stereocenters. The van der Waals surface area contributed by atoms with Crippen LogP contribution in [0.3, 0.4) is 0 Å². The van der Waals surface area contributed by atoms with Gasteiger partial charge in [-0.05, 0) is 19.3 Å². The third kappa shape index (κ3) is 1.63. The molecule has 1 fully saturated rings. The highest BCUT2D eigenvalue weighted by molar-refractivity contribution is 5.90. The van der Waals surface area contributed by atoms with Crippen molar-refractivity contribution in [3.63, 3.8) is 0 Å². The van der Waals surface area contributed by atoms with Crippen LogP contribution in [0.1, 0.15) is 26.7 Å². The maximum atomic E-state index is 11.6. The Kier molecular flexibility index (Phi) is 2.46. The van der Waals surface area contributed by atoms with Gasteiger partial charge in [0.05, 0.1) is 17.8 Å². The minimum atomic E-state index is -0.558. The lowest BCUT2D eigenvalue weighted by Gasteiger charge is -2.38. The Balaban J connectivity index is 2.37. The fraction of sp³-hybridized carbons (Fsp3) is 0.727. The summed E-state index contributed by atoms with van der Waals surface area (Å²) in [5.74, 6) is -0.478. The molecule has 0 aromatic rings. The van der Waals surface area contributed by atoms with E-state index in [1.54, 1.807) is 0 Å². The van der Waals surface area contributed by atoms with Gasteiger partial charge < -0.3 is 14.9 Å². The zero-order valence-electron chi connectivity index (χ0n) is 8.93. The summed E-state index contributed by atoms with van der Waals surface area (Å²) >= 11 is 0. The van der Waals surface area contributed by atoms with Gasteiger partial charge in [-0.25, -0.2) is 4.79 Å². The van der Waals surface area contributed by atoms with E-state index in [1.807, 2.05) is 13.8 Å². The molecule has 1 aliphatic heterocycles. The van der Waals surface area contributed by atoms with Crippen molar-refractivity contribution in [3.8, 4) is 0 Å². The second kappa shape index (κ2) is 3.52. The molecule has 0 aromatic heterocycles. The van der Waals surface area contributed by atoms with Crippen molar-refractivity contribution in [1.82, 2.24) is 0 Å². The number of esters is 1. The monoisotopic (exact) mass is 212 g/mol. The zero-order valence-corrected chi connectivity index (χ0v) is 8.93. The lowest BCUT2D eigenvalue weighted by molar-refractivity contribution is -0.151. The van der Waals surface area contributed by atoms with E-state index in [1.165, 1.54) is 0 Å². The van der Waals surface area contributed by atoms with Crippen molar-refractivity contribution >= 4 is 5.97 Å². The Morgan fingerprint density at radius 1 is 1.40 bits per heavy atom. The highest BCUT2D eigenvalue weighted by Gasteiger charge is 2.43. The summed E-state index contributed by atoms with van der Waals surface area (Å²) in [6.45, 7) is 3.74. The first-order valence-corrected chi connectivity index (χ1v) is 5.31. The Morgan fingerprint density at radius 3 is 2.73 bits per heavy atom. The molecule has 1 heterocycles. The van der Waals surface area contributed by atoms with Gasteiger partial charge in [0.15, 0.2) is 0 Å². The molecule has 2 rings (SSSR count). The van der Waals surface area contributed by atoms with Crippen LogP contribution in [0, 0.1) is 11.8 Å². The maximum Gasteiger partial charge on any atom is 0.337 e. The Labute approximate surface area is 88.6 Å². The molecular weight excluding hydrogens is 196 g/mol. The first-order chi connectivity index (χ1) is 7.00. The van der Waals surface area contributed by atoms with Crippen molar-refractivity contribution in [1.29, 1.82) is 0 Å². The Morgan fingerprint density at radius 2 is 2.07 bits per heavy atom. The van der Waals surface area contributed by atoms with Crippen LogP contribution in [-0.4, -0.2) is 28.4 Å². The third-order valence-electron chi connectivity index (χ3n) is 3.44. The van der Waals surface area contributed by atoms with Crippen LogP contribution in [0.2, 0.25) is 0 Å². The first-order valence-electron chi connectivity index (χ1n) is 5.31. The zero-order chi connectivity index (χ0) is 11.2. The number of aliphatic hydroxyl groups excluding tert-OH is 2. The molecule has 84 valence electrons. The lowest BCUT2D eigenvalue weighted by Crippen LogP contribution is -2.41. The minimum absolute atomic E-state index is 0.00231. The van der Waals surface area contributed by atoms with Gasteiger partial charge >= 0.3 is 5.97 Å². The van der Waals surface area contributed by atoms with Crippen molar-refractivity contribution in [2.75, 3.05) is 0 Å². The van der Waals surface area contributed by atoms with E-state index >= 15 is 0 Å². The number of aliphatic hydroxyl groups is 2. The average Bonchev–Trinajstić information content (AvgIpc) is 2.12. The summed E-state index contributed by atoms with van der Waals surface area (Å²) < 4.78 is 5.07. The first kappa shape index (κ1) is 10.5. The van der Waals surface area contributed by atoms with Crippen molar-refractivity contribution in [2.24, 2.45) is 11.8 Å². The van der Waals surface area contributed by atoms with E-state index in [-0.39, 0.29) is 30.1 Å². The number of carbonyl (C=O) groups is 1. The molecule has 0 aromatic carbocycles. The molecule has 15 heavy (non-hydrogen) atoms. The molecule has 0 spiro atoms. The largest absolute Gasteiger partial charge is 0.512 e. The van der Waals surface area contributed by atoms with E-state index in [9.17, 15) is 15.0 Å². The molecule has 0 unspecified atom stereocenters. The number of hydrogen-bond acceptors (Lipinski definition) is 4. The summed E-state index contributed by atoms with van der Waals surface area (Å²) in [6, 6.07) is 0. The smallest absolute Gasteiger partial charge is 0.337 e. The summed E-state index contributed by atoms with van der Waals surface area (Å²) in [7, 11) is 0. The van der Waals surface area contributed by atoms with Crippen LogP contribution in [0.4, 0.5) is 0 Å². The third-order valence-corrected chi connectivity index (χ3v) is 3.44. The number of cyclic esters (lactones) is 1. The van der Waals surface area contributed by atoms with E-state index in [0.29, 0.717) is 12.0 Å². The van der Waals surface area contributed by atoms with Gasteiger partial charge in [-0.3, -0.25) is 0 Å². The predicted molar refractivity (Wildman–Crippen MR) is 53.1 cm³/mol. The fourth-order valence-electron chi connectivity index (χ4n) is 2.49. The minimum Gasteiger partial charge on any atom is -0.512 e. The molecular formula is C11H16O4. The van der Waals surface area contributed by atoms with Gasteiger partial charge in [-0.15, -0.1) is 0 Å². The standard InChI is InChI=1S/C11H16O4/c1-5-3-7-6(2)8(12)4-9(13)10(7)11(14)15-5/h5-8,12-13H,3-4H2,1-2H3/t5-,6+,7-,8+/m1/s1. The molecule has 0 saturated carbocycles. The second-order valence-electron chi connectivity index (χ2n) is 4.55. The van der Waals surface area contributed by atoms with Gasteiger partial charge in [0.1, 0.15) is 5.76 Å². The van der Waals surface area contributed by atoms with Gasteiger partial charge in [-0.2, -0.15) is 0 Å². The Hall–Kier alpha value is -1.03. The molecule has 2 N–H and O–H groups in total. The summed E-state index contributed by atoms with van der Waals surface area (Å²) in [6.07, 6.45) is 0.156. The van der Waals surface area contributed by atoms with Crippen molar-refractivity contribution < 1.29 is 19.7 Å². The van der Waals surface area contributed by atoms with Crippen LogP contribution in [0.5, 0.6) is 0 Å². The predicted octanol–water partition coefficient (Wildman–Crippen LogP) is 1.15. The summed E-state index contributed by atoms with van der Waals surface area (Å²) in [5.41, 5.74) is 0.380. The van der Waals surface area contributed by atoms with E-state index in [0.717, 1.165) is 0 Å². The number of ether oxygens (including phenoxy) is 1. The van der Waals surface area contributed by atoms with Crippen LogP contribution in [0.25, 0.3) is 0 Å². The molecule has 0 amide bonds. The van der Waals surface area contributed by atoms with E-state index < -0.39 is 12.1 Å². The number of hydrogen-bond donors (Lipinski definition) is 2. The Bertz CT molecular complexity index is 321. The number of carbonyl (C=O) groups excluding carboxylic acids is 1. The van der Waals surface area contributed by atoms with Crippen LogP contribution < -0.4 is 0 Å². The number of rotatable bonds is 0. The average molecular weight is 212 g/mol. The van der Waals surface area contributed by atoms with E-state index in [2.05, 4.69) is 0 Å². The molecule has 0 bridgehead atoms. The van der Waals surface area contributed by atoms with Crippen LogP contribution in [0.15, 0.2) is 11.3 Å². The number of fused-ring (bicyclic) bond motifs is 1. The van der Waals surface area contributed by atoms with Gasteiger partial charge in [0.25, 0.3) is 0 Å². The summed E-state index contributed by atoms with van der Waals surface area (Å²) in [4.78, 5) is 11.6. The normalized spacial score (nSPS) is 41.1. The van der Waals surface area contributed by atoms with Gasteiger partial charge in [0.2, 0.25) is 0 Å². The van der Waals surface area contributed by atoms with E-state index in [4.69, 9.17) is 4.74 Å². The highest BCUT2D eigenvalue weighted by atomic mass is 16.5. The maximum absolute atomic E-state index is 11.6. The van der Waals surface area contributed by atoms with Gasteiger partial charge in [-0.1, -0.05) is 6.92 Å². The molecule has 0 radical (unpaired) electrons. The van der Waals surface area contributed by atoms with Crippen molar-refractivity contribution in [2.45, 2.75) is 38.9 Å². The SMILES string of the molecule is C[C@@H]1[C@@H](O)CC(O)=C2C(=O)O[C@H](C)C[C@@H]21. The molecule has 4 heteroatoms. The van der Waals surface area contributed by atoms with Crippen LogP contribution >= 0.6 is 0 Å². The molecule has 1 saturated heterocycles. The van der Waals surface area contributed by atoms with Crippen LogP contribution in [-0.2, 0) is 9.53 Å². The molecule has 2 aliphatic rings.